The van der Waals surface area contributed by atoms with Gasteiger partial charge in [-0.2, -0.15) is 0 Å². The van der Waals surface area contributed by atoms with Gasteiger partial charge in [0.05, 0.1) is 5.25 Å². The Balaban J connectivity index is 1.50. The highest BCUT2D eigenvalue weighted by Crippen LogP contribution is 2.40. The zero-order valence-corrected chi connectivity index (χ0v) is 15.8. The molecule has 0 radical (unpaired) electrons. The minimum Gasteiger partial charge on any atom is -0.334 e. The van der Waals surface area contributed by atoms with Crippen LogP contribution >= 0.6 is 11.8 Å². The van der Waals surface area contributed by atoms with Crippen molar-refractivity contribution in [2.75, 3.05) is 0 Å². The van der Waals surface area contributed by atoms with Gasteiger partial charge in [0.1, 0.15) is 5.82 Å². The van der Waals surface area contributed by atoms with Gasteiger partial charge in [0.2, 0.25) is 5.91 Å². The molecular weight excluding hydrogens is 350 g/mol. The van der Waals surface area contributed by atoms with Crippen molar-refractivity contribution in [2.24, 2.45) is 0 Å². The summed E-state index contributed by atoms with van der Waals surface area (Å²) >= 11 is 1.32. The fourth-order valence-electron chi connectivity index (χ4n) is 2.58. The van der Waals surface area contributed by atoms with Gasteiger partial charge in [-0.15, -0.1) is 10.2 Å². The third-order valence-corrected chi connectivity index (χ3v) is 5.27. The first-order valence-corrected chi connectivity index (χ1v) is 9.68. The van der Waals surface area contributed by atoms with Crippen molar-refractivity contribution in [1.29, 1.82) is 0 Å². The maximum Gasteiger partial charge on any atom is 0.321 e. The zero-order valence-electron chi connectivity index (χ0n) is 14.9. The predicted octanol–water partition coefficient (Wildman–Crippen LogP) is 2.68. The molecule has 1 aliphatic carbocycles. The van der Waals surface area contributed by atoms with E-state index in [0.717, 1.165) is 35.9 Å². The fourth-order valence-corrected chi connectivity index (χ4v) is 3.50. The Hall–Kier alpha value is -2.35. The van der Waals surface area contributed by atoms with Gasteiger partial charge in [0.15, 0.2) is 5.16 Å². The van der Waals surface area contributed by atoms with Crippen LogP contribution in [-0.2, 0) is 17.9 Å². The molecule has 1 aliphatic rings. The summed E-state index contributed by atoms with van der Waals surface area (Å²) in [4.78, 5) is 24.2. The number of imide groups is 1. The molecule has 1 saturated carbocycles. The van der Waals surface area contributed by atoms with Crippen LogP contribution in [0.1, 0.15) is 44.0 Å². The molecule has 2 N–H and O–H groups in total. The molecule has 0 spiro atoms. The molecule has 3 rings (SSSR count). The van der Waals surface area contributed by atoms with E-state index in [1.54, 1.807) is 6.92 Å². The minimum absolute atomic E-state index is 0.348. The number of carbonyl (C=O) groups excluding carboxylic acids is 2. The van der Waals surface area contributed by atoms with Crippen molar-refractivity contribution in [3.63, 3.8) is 0 Å². The lowest BCUT2D eigenvalue weighted by Gasteiger charge is -2.12. The Morgan fingerprint density at radius 2 is 2.00 bits per heavy atom. The molecule has 1 heterocycles. The van der Waals surface area contributed by atoms with E-state index in [4.69, 9.17) is 0 Å². The topological polar surface area (TPSA) is 88.9 Å². The number of nitrogens with one attached hydrogen (secondary N) is 2. The Kier molecular flexibility index (Phi) is 5.92. The first kappa shape index (κ1) is 18.4. The number of aromatic nitrogens is 3. The van der Waals surface area contributed by atoms with Gasteiger partial charge >= 0.3 is 6.03 Å². The van der Waals surface area contributed by atoms with Crippen LogP contribution in [0.3, 0.4) is 0 Å². The standard InChI is InChI=1S/C18H23N5O2S/c1-3-23-15(14-9-10-14)21-22-18(23)26-12(2)16(24)20-17(25)19-11-13-7-5-4-6-8-13/h4-8,12,14H,3,9-11H2,1-2H3,(H2,19,20,24,25)/t12-/m0/s1. The number of hydrogen-bond acceptors (Lipinski definition) is 5. The Labute approximate surface area is 157 Å². The van der Waals surface area contributed by atoms with Crippen LogP contribution in [0.5, 0.6) is 0 Å². The number of urea groups is 1. The molecule has 1 fully saturated rings. The van der Waals surface area contributed by atoms with Crippen LogP contribution in [0.4, 0.5) is 4.79 Å². The Bertz CT molecular complexity index is 773. The van der Waals surface area contributed by atoms with E-state index < -0.39 is 11.3 Å². The average Bonchev–Trinajstić information content (AvgIpc) is 3.41. The van der Waals surface area contributed by atoms with Crippen LogP contribution in [0.15, 0.2) is 35.5 Å². The molecule has 26 heavy (non-hydrogen) atoms. The molecule has 0 saturated heterocycles. The van der Waals surface area contributed by atoms with E-state index >= 15 is 0 Å². The van der Waals surface area contributed by atoms with Crippen molar-refractivity contribution in [3.8, 4) is 0 Å². The highest BCUT2D eigenvalue weighted by atomic mass is 32.2. The monoisotopic (exact) mass is 373 g/mol. The molecule has 1 aromatic heterocycles. The quantitative estimate of drug-likeness (QED) is 0.729. The van der Waals surface area contributed by atoms with Crippen molar-refractivity contribution >= 4 is 23.7 Å². The van der Waals surface area contributed by atoms with Gasteiger partial charge in [-0.1, -0.05) is 42.1 Å². The molecule has 1 aromatic carbocycles. The summed E-state index contributed by atoms with van der Waals surface area (Å²) in [5, 5.41) is 13.8. The van der Waals surface area contributed by atoms with Gasteiger partial charge in [0.25, 0.3) is 0 Å². The number of carbonyl (C=O) groups is 2. The van der Waals surface area contributed by atoms with Gasteiger partial charge in [0, 0.05) is 19.0 Å². The molecule has 3 amide bonds. The number of rotatable bonds is 7. The van der Waals surface area contributed by atoms with E-state index in [1.165, 1.54) is 11.8 Å². The molecule has 8 heteroatoms. The van der Waals surface area contributed by atoms with E-state index in [9.17, 15) is 9.59 Å². The second-order valence-corrected chi connectivity index (χ2v) is 7.58. The first-order chi connectivity index (χ1) is 12.6. The maximum atomic E-state index is 12.3. The third-order valence-electron chi connectivity index (χ3n) is 4.19. The van der Waals surface area contributed by atoms with Gasteiger partial charge in [-0.3, -0.25) is 10.1 Å². The maximum absolute atomic E-state index is 12.3. The van der Waals surface area contributed by atoms with Crippen LogP contribution in [0.25, 0.3) is 0 Å². The van der Waals surface area contributed by atoms with Crippen molar-refractivity contribution < 1.29 is 9.59 Å². The smallest absolute Gasteiger partial charge is 0.321 e. The van der Waals surface area contributed by atoms with E-state index in [1.807, 2.05) is 37.3 Å². The summed E-state index contributed by atoms with van der Waals surface area (Å²) in [6, 6.07) is 9.04. The van der Waals surface area contributed by atoms with Crippen LogP contribution in [0, 0.1) is 0 Å². The SMILES string of the molecule is CCn1c(S[C@@H](C)C(=O)NC(=O)NCc2ccccc2)nnc1C1CC1. The fraction of sp³-hybridized carbons (Fsp3) is 0.444. The predicted molar refractivity (Wildman–Crippen MR) is 99.8 cm³/mol. The summed E-state index contributed by atoms with van der Waals surface area (Å²) in [5.74, 6) is 1.16. The van der Waals surface area contributed by atoms with Gasteiger partial charge in [-0.25, -0.2) is 4.79 Å². The molecule has 0 bridgehead atoms. The van der Waals surface area contributed by atoms with Crippen LogP contribution in [0.2, 0.25) is 0 Å². The molecule has 138 valence electrons. The minimum atomic E-state index is -0.498. The highest BCUT2D eigenvalue weighted by Gasteiger charge is 2.30. The number of nitrogens with zero attached hydrogens (tertiary/aromatic N) is 3. The summed E-state index contributed by atoms with van der Waals surface area (Å²) in [6.45, 7) is 4.94. The van der Waals surface area contributed by atoms with Crippen molar-refractivity contribution in [3.05, 3.63) is 41.7 Å². The number of thioether (sulfide) groups is 1. The van der Waals surface area contributed by atoms with Gasteiger partial charge in [-0.05, 0) is 32.3 Å². The van der Waals surface area contributed by atoms with Crippen LogP contribution in [-0.4, -0.2) is 32.0 Å². The molecule has 2 aromatic rings. The molecular formula is C18H23N5O2S. The van der Waals surface area contributed by atoms with E-state index in [0.29, 0.717) is 12.5 Å². The van der Waals surface area contributed by atoms with Gasteiger partial charge < -0.3 is 9.88 Å². The van der Waals surface area contributed by atoms with Crippen LogP contribution < -0.4 is 10.6 Å². The lowest BCUT2D eigenvalue weighted by Crippen LogP contribution is -2.42. The summed E-state index contributed by atoms with van der Waals surface area (Å²) in [5.41, 5.74) is 0.973. The largest absolute Gasteiger partial charge is 0.334 e. The molecule has 0 unspecified atom stereocenters. The number of hydrogen-bond donors (Lipinski definition) is 2. The number of amides is 3. The highest BCUT2D eigenvalue weighted by molar-refractivity contribution is 8.00. The van der Waals surface area contributed by atoms with E-state index in [2.05, 4.69) is 25.4 Å². The second-order valence-electron chi connectivity index (χ2n) is 6.28. The molecule has 0 aliphatic heterocycles. The normalized spacial score (nSPS) is 14.7. The third kappa shape index (κ3) is 4.63. The lowest BCUT2D eigenvalue weighted by atomic mass is 10.2. The zero-order chi connectivity index (χ0) is 18.5. The Morgan fingerprint density at radius 3 is 2.65 bits per heavy atom. The van der Waals surface area contributed by atoms with Crippen molar-refractivity contribution in [2.45, 2.75) is 56.1 Å². The lowest BCUT2D eigenvalue weighted by molar-refractivity contribution is -0.119. The average molecular weight is 373 g/mol. The number of benzene rings is 1. The summed E-state index contributed by atoms with van der Waals surface area (Å²) in [6.07, 6.45) is 2.31. The Morgan fingerprint density at radius 1 is 1.27 bits per heavy atom. The summed E-state index contributed by atoms with van der Waals surface area (Å²) in [7, 11) is 0. The second kappa shape index (κ2) is 8.35. The van der Waals surface area contributed by atoms with E-state index in [-0.39, 0.29) is 5.91 Å². The first-order valence-electron chi connectivity index (χ1n) is 8.80. The molecule has 7 nitrogen and oxygen atoms in total. The molecule has 1 atom stereocenters. The van der Waals surface area contributed by atoms with Crippen molar-refractivity contribution in [1.82, 2.24) is 25.4 Å². The summed E-state index contributed by atoms with van der Waals surface area (Å²) < 4.78 is 2.06.